The molecule has 1 aromatic carbocycles. The van der Waals surface area contributed by atoms with Crippen molar-refractivity contribution in [1.29, 1.82) is 0 Å². The first-order valence-electron chi connectivity index (χ1n) is 6.40. The van der Waals surface area contributed by atoms with E-state index in [1.165, 1.54) is 16.8 Å². The van der Waals surface area contributed by atoms with E-state index in [0.29, 0.717) is 5.69 Å². The summed E-state index contributed by atoms with van der Waals surface area (Å²) in [5, 5.41) is 6.76. The summed E-state index contributed by atoms with van der Waals surface area (Å²) >= 11 is 0. The van der Waals surface area contributed by atoms with Gasteiger partial charge in [-0.3, -0.25) is 9.48 Å². The third kappa shape index (κ3) is 3.49. The Hall–Kier alpha value is -2.15. The first-order chi connectivity index (χ1) is 9.79. The van der Waals surface area contributed by atoms with Crippen LogP contribution in [0.5, 0.6) is 0 Å². The molecule has 1 atom stereocenters. The molecule has 0 saturated heterocycles. The minimum atomic E-state index is -3.31. The normalized spacial score (nSPS) is 12.9. The maximum atomic E-state index is 12.2. The molecule has 1 amide bonds. The van der Waals surface area contributed by atoms with Crippen LogP contribution in [0.2, 0.25) is 0 Å². The summed E-state index contributed by atoms with van der Waals surface area (Å²) in [7, 11) is -3.31. The summed E-state index contributed by atoms with van der Waals surface area (Å²) in [6.07, 6.45) is 4.43. The highest BCUT2D eigenvalue weighted by atomic mass is 32.2. The molecule has 0 spiro atoms. The van der Waals surface area contributed by atoms with E-state index < -0.39 is 15.9 Å². The van der Waals surface area contributed by atoms with Gasteiger partial charge in [0.2, 0.25) is 5.91 Å². The van der Waals surface area contributed by atoms with Gasteiger partial charge in [0.25, 0.3) is 0 Å². The number of nitrogens with one attached hydrogen (secondary N) is 1. The number of sulfone groups is 1. The third-order valence-electron chi connectivity index (χ3n) is 3.20. The van der Waals surface area contributed by atoms with Gasteiger partial charge in [-0.15, -0.1) is 0 Å². The molecule has 1 aromatic heterocycles. The molecule has 0 unspecified atom stereocenters. The Morgan fingerprint density at radius 1 is 1.38 bits per heavy atom. The van der Waals surface area contributed by atoms with E-state index in [2.05, 4.69) is 10.4 Å². The lowest BCUT2D eigenvalue weighted by Crippen LogP contribution is -2.24. The second kappa shape index (κ2) is 5.69. The molecule has 0 aliphatic carbocycles. The van der Waals surface area contributed by atoms with Gasteiger partial charge < -0.3 is 5.32 Å². The highest BCUT2D eigenvalue weighted by Crippen LogP contribution is 2.21. The summed E-state index contributed by atoms with van der Waals surface area (Å²) < 4.78 is 24.7. The standard InChI is InChI=1S/C14H17N3O3S/c1-10-5-6-12(21(3,19)20)9-13(10)16-14(18)11(2)17-8-4-7-15-17/h4-9,11H,1-3H3,(H,16,18)/t11-/m1/s1. The lowest BCUT2D eigenvalue weighted by Gasteiger charge is -2.14. The maximum Gasteiger partial charge on any atom is 0.248 e. The van der Waals surface area contributed by atoms with Crippen molar-refractivity contribution in [2.24, 2.45) is 0 Å². The van der Waals surface area contributed by atoms with Gasteiger partial charge in [-0.2, -0.15) is 5.10 Å². The molecule has 6 nitrogen and oxygen atoms in total. The second-order valence-electron chi connectivity index (χ2n) is 4.90. The largest absolute Gasteiger partial charge is 0.324 e. The van der Waals surface area contributed by atoms with E-state index in [-0.39, 0.29) is 10.8 Å². The third-order valence-corrected chi connectivity index (χ3v) is 4.31. The summed E-state index contributed by atoms with van der Waals surface area (Å²) in [6.45, 7) is 3.53. The highest BCUT2D eigenvalue weighted by Gasteiger charge is 2.17. The number of hydrogen-bond donors (Lipinski definition) is 1. The molecule has 2 rings (SSSR count). The van der Waals surface area contributed by atoms with Gasteiger partial charge in [-0.05, 0) is 37.6 Å². The number of anilines is 1. The summed E-state index contributed by atoms with van der Waals surface area (Å²) in [6, 6.07) is 5.92. The van der Waals surface area contributed by atoms with Crippen LogP contribution in [0, 0.1) is 6.92 Å². The van der Waals surface area contributed by atoms with E-state index in [0.717, 1.165) is 11.8 Å². The van der Waals surface area contributed by atoms with Crippen LogP contribution in [0.3, 0.4) is 0 Å². The SMILES string of the molecule is Cc1ccc(S(C)(=O)=O)cc1NC(=O)[C@@H](C)n1cccn1. The minimum absolute atomic E-state index is 0.176. The number of aromatic nitrogens is 2. The van der Waals surface area contributed by atoms with E-state index in [1.54, 1.807) is 38.4 Å². The van der Waals surface area contributed by atoms with Crippen LogP contribution in [-0.2, 0) is 14.6 Å². The Morgan fingerprint density at radius 2 is 2.10 bits per heavy atom. The molecule has 7 heteroatoms. The first kappa shape index (κ1) is 15.2. The number of benzene rings is 1. The smallest absolute Gasteiger partial charge is 0.248 e. The fourth-order valence-electron chi connectivity index (χ4n) is 1.83. The second-order valence-corrected chi connectivity index (χ2v) is 6.92. The van der Waals surface area contributed by atoms with Crippen LogP contribution in [0.4, 0.5) is 5.69 Å². The number of carbonyl (C=O) groups excluding carboxylic acids is 1. The fraction of sp³-hybridized carbons (Fsp3) is 0.286. The average Bonchev–Trinajstić information content (AvgIpc) is 2.92. The Balaban J connectivity index is 2.25. The Bertz CT molecular complexity index is 752. The number of carbonyl (C=O) groups is 1. The minimum Gasteiger partial charge on any atom is -0.324 e. The summed E-state index contributed by atoms with van der Waals surface area (Å²) in [5.74, 6) is -0.257. The van der Waals surface area contributed by atoms with Crippen molar-refractivity contribution in [3.05, 3.63) is 42.2 Å². The number of aryl methyl sites for hydroxylation is 1. The van der Waals surface area contributed by atoms with E-state index in [4.69, 9.17) is 0 Å². The lowest BCUT2D eigenvalue weighted by atomic mass is 10.2. The number of hydrogen-bond acceptors (Lipinski definition) is 4. The van der Waals surface area contributed by atoms with E-state index in [1.807, 2.05) is 0 Å². The Labute approximate surface area is 123 Å². The molecule has 0 saturated carbocycles. The van der Waals surface area contributed by atoms with Gasteiger partial charge >= 0.3 is 0 Å². The van der Waals surface area contributed by atoms with Crippen molar-refractivity contribution >= 4 is 21.4 Å². The Kier molecular flexibility index (Phi) is 4.13. The molecule has 1 N–H and O–H groups in total. The highest BCUT2D eigenvalue weighted by molar-refractivity contribution is 7.90. The molecule has 112 valence electrons. The zero-order chi connectivity index (χ0) is 15.6. The monoisotopic (exact) mass is 307 g/mol. The van der Waals surface area contributed by atoms with Crippen molar-refractivity contribution in [3.8, 4) is 0 Å². The predicted octanol–water partition coefficient (Wildman–Crippen LogP) is 1.79. The van der Waals surface area contributed by atoms with Crippen molar-refractivity contribution < 1.29 is 13.2 Å². The van der Waals surface area contributed by atoms with Crippen LogP contribution in [-0.4, -0.2) is 30.4 Å². The molecule has 0 fully saturated rings. The van der Waals surface area contributed by atoms with Crippen molar-refractivity contribution in [2.75, 3.05) is 11.6 Å². The van der Waals surface area contributed by atoms with Gasteiger partial charge in [0.05, 0.1) is 4.90 Å². The molecule has 1 heterocycles. The van der Waals surface area contributed by atoms with Crippen molar-refractivity contribution in [3.63, 3.8) is 0 Å². The lowest BCUT2D eigenvalue weighted by molar-refractivity contribution is -0.119. The molecule has 0 bridgehead atoms. The van der Waals surface area contributed by atoms with Gasteiger partial charge in [0.1, 0.15) is 6.04 Å². The summed E-state index contributed by atoms with van der Waals surface area (Å²) in [5.41, 5.74) is 1.28. The molecule has 0 aliphatic heterocycles. The van der Waals surface area contributed by atoms with Gasteiger partial charge in [0.15, 0.2) is 9.84 Å². The van der Waals surface area contributed by atoms with Crippen molar-refractivity contribution in [2.45, 2.75) is 24.8 Å². The van der Waals surface area contributed by atoms with Crippen LogP contribution in [0.25, 0.3) is 0 Å². The fourth-order valence-corrected chi connectivity index (χ4v) is 2.48. The number of rotatable bonds is 4. The van der Waals surface area contributed by atoms with Crippen LogP contribution in [0.15, 0.2) is 41.6 Å². The molecular weight excluding hydrogens is 290 g/mol. The number of nitrogens with zero attached hydrogens (tertiary/aromatic N) is 2. The molecular formula is C14H17N3O3S. The summed E-state index contributed by atoms with van der Waals surface area (Å²) in [4.78, 5) is 12.4. The molecule has 21 heavy (non-hydrogen) atoms. The first-order valence-corrected chi connectivity index (χ1v) is 8.29. The zero-order valence-electron chi connectivity index (χ0n) is 12.1. The quantitative estimate of drug-likeness (QED) is 0.934. The number of amides is 1. The van der Waals surface area contributed by atoms with Crippen LogP contribution >= 0.6 is 0 Å². The Morgan fingerprint density at radius 3 is 2.67 bits per heavy atom. The van der Waals surface area contributed by atoms with Crippen molar-refractivity contribution in [1.82, 2.24) is 9.78 Å². The van der Waals surface area contributed by atoms with E-state index in [9.17, 15) is 13.2 Å². The predicted molar refractivity (Wildman–Crippen MR) is 79.9 cm³/mol. The molecule has 0 radical (unpaired) electrons. The molecule has 2 aromatic rings. The molecule has 0 aliphatic rings. The average molecular weight is 307 g/mol. The zero-order valence-corrected chi connectivity index (χ0v) is 12.9. The van der Waals surface area contributed by atoms with E-state index >= 15 is 0 Å². The maximum absolute atomic E-state index is 12.2. The van der Waals surface area contributed by atoms with Crippen LogP contribution in [0.1, 0.15) is 18.5 Å². The topological polar surface area (TPSA) is 81.1 Å². The van der Waals surface area contributed by atoms with Gasteiger partial charge in [-0.25, -0.2) is 8.42 Å². The van der Waals surface area contributed by atoms with Crippen LogP contribution < -0.4 is 5.32 Å². The van der Waals surface area contributed by atoms with Gasteiger partial charge in [-0.1, -0.05) is 6.07 Å². The van der Waals surface area contributed by atoms with Gasteiger partial charge in [0, 0.05) is 24.3 Å².